The lowest BCUT2D eigenvalue weighted by atomic mass is 9.98. The van der Waals surface area contributed by atoms with Crippen molar-refractivity contribution in [2.24, 2.45) is 17.6 Å². The molecule has 2 aromatic rings. The Hall–Kier alpha value is -3.61. The van der Waals surface area contributed by atoms with E-state index in [9.17, 15) is 9.59 Å². The number of benzene rings is 1. The Morgan fingerprint density at radius 2 is 1.93 bits per heavy atom. The van der Waals surface area contributed by atoms with Crippen LogP contribution in [0.25, 0.3) is 0 Å². The molecule has 41 heavy (non-hydrogen) atoms. The normalized spacial score (nSPS) is 26.7. The van der Waals surface area contributed by atoms with Crippen LogP contribution in [0.4, 0.5) is 22.2 Å². The number of nitrogens with zero attached hydrogens (tertiary/aromatic N) is 3. The standard InChI is InChI=1S/C28H33ClN6O6/c1-38-21-12-16-5-7-35(26(36)22-14-39-8-9-40-22)6-4-15(16)11-20(21)32-28-31-13-19(29)25(34-28)33-23-17-2-3-18(10-17)24(23)41-27(30)37/h2-3,11-13,17-18,22-24H,4-10,14H2,1H3,(H2,30,37)(H2,31,32,33,34)/t17-,18+,22?,23+,24-/m0/s1. The van der Waals surface area contributed by atoms with Crippen molar-refractivity contribution >= 4 is 41.1 Å². The third-order valence-electron chi connectivity index (χ3n) is 8.16. The average Bonchev–Trinajstić information content (AvgIpc) is 3.51. The number of hydrogen-bond acceptors (Lipinski definition) is 10. The van der Waals surface area contributed by atoms with Crippen molar-refractivity contribution in [2.45, 2.75) is 37.5 Å². The van der Waals surface area contributed by atoms with Gasteiger partial charge >= 0.3 is 6.09 Å². The van der Waals surface area contributed by atoms with Gasteiger partial charge in [0.25, 0.3) is 5.91 Å². The van der Waals surface area contributed by atoms with Crippen molar-refractivity contribution in [2.75, 3.05) is 50.7 Å². The molecule has 0 radical (unpaired) electrons. The summed E-state index contributed by atoms with van der Waals surface area (Å²) in [7, 11) is 1.61. The van der Waals surface area contributed by atoms with E-state index in [2.05, 4.69) is 32.8 Å². The summed E-state index contributed by atoms with van der Waals surface area (Å²) < 4.78 is 22.2. The van der Waals surface area contributed by atoms with E-state index in [1.165, 1.54) is 6.20 Å². The lowest BCUT2D eigenvalue weighted by Gasteiger charge is -2.28. The molecule has 2 amide bonds. The molecule has 2 bridgehead atoms. The summed E-state index contributed by atoms with van der Waals surface area (Å²) in [5.74, 6) is 1.61. The van der Waals surface area contributed by atoms with E-state index in [1.807, 2.05) is 17.0 Å². The fourth-order valence-electron chi connectivity index (χ4n) is 6.14. The second-order valence-electron chi connectivity index (χ2n) is 10.6. The van der Waals surface area contributed by atoms with E-state index in [4.69, 9.17) is 36.3 Å². The van der Waals surface area contributed by atoms with Crippen LogP contribution in [0.3, 0.4) is 0 Å². The summed E-state index contributed by atoms with van der Waals surface area (Å²) in [4.78, 5) is 35.4. The first-order valence-corrected chi connectivity index (χ1v) is 14.2. The number of fused-ring (bicyclic) bond motifs is 3. The molecule has 13 heteroatoms. The Labute approximate surface area is 242 Å². The maximum Gasteiger partial charge on any atom is 0.404 e. The van der Waals surface area contributed by atoms with Crippen LogP contribution in [-0.2, 0) is 31.8 Å². The molecular formula is C28H33ClN6O6. The first-order valence-electron chi connectivity index (χ1n) is 13.8. The van der Waals surface area contributed by atoms with Crippen LogP contribution in [0.15, 0.2) is 30.5 Å². The molecule has 1 saturated heterocycles. The van der Waals surface area contributed by atoms with Gasteiger partial charge in [-0.15, -0.1) is 0 Å². The van der Waals surface area contributed by atoms with Crippen molar-refractivity contribution < 1.29 is 28.5 Å². The van der Waals surface area contributed by atoms with Crippen molar-refractivity contribution in [1.29, 1.82) is 0 Å². The number of carbonyl (C=O) groups excluding carboxylic acids is 2. The first-order chi connectivity index (χ1) is 19.9. The van der Waals surface area contributed by atoms with Gasteiger partial charge in [0.1, 0.15) is 16.9 Å². The number of hydrogen-bond donors (Lipinski definition) is 3. The van der Waals surface area contributed by atoms with Gasteiger partial charge in [0.15, 0.2) is 11.9 Å². The van der Waals surface area contributed by atoms with Gasteiger partial charge in [0.2, 0.25) is 5.95 Å². The third kappa shape index (κ3) is 5.77. The highest BCUT2D eigenvalue weighted by Crippen LogP contribution is 2.43. The predicted octanol–water partition coefficient (Wildman–Crippen LogP) is 2.68. The van der Waals surface area contributed by atoms with Crippen molar-refractivity contribution in [3.05, 3.63) is 46.6 Å². The summed E-state index contributed by atoms with van der Waals surface area (Å²) in [5.41, 5.74) is 8.25. The summed E-state index contributed by atoms with van der Waals surface area (Å²) in [5, 5.41) is 6.96. The number of nitrogens with two attached hydrogens (primary N) is 1. The van der Waals surface area contributed by atoms with Gasteiger partial charge in [-0.2, -0.15) is 4.98 Å². The van der Waals surface area contributed by atoms with Crippen molar-refractivity contribution in [3.8, 4) is 5.75 Å². The molecule has 2 aliphatic heterocycles. The molecule has 3 heterocycles. The van der Waals surface area contributed by atoms with Crippen LogP contribution >= 0.6 is 11.6 Å². The van der Waals surface area contributed by atoms with Crippen LogP contribution in [0.5, 0.6) is 5.75 Å². The van der Waals surface area contributed by atoms with Crippen LogP contribution < -0.4 is 21.1 Å². The lowest BCUT2D eigenvalue weighted by Crippen LogP contribution is -2.46. The minimum atomic E-state index is -0.807. The van der Waals surface area contributed by atoms with Gasteiger partial charge in [-0.1, -0.05) is 23.8 Å². The second-order valence-corrected chi connectivity index (χ2v) is 11.0. The quantitative estimate of drug-likeness (QED) is 0.414. The van der Waals surface area contributed by atoms with E-state index < -0.39 is 18.3 Å². The zero-order chi connectivity index (χ0) is 28.5. The molecule has 5 atom stereocenters. The highest BCUT2D eigenvalue weighted by molar-refractivity contribution is 6.32. The molecule has 4 N–H and O–H groups in total. The Morgan fingerprint density at radius 1 is 1.15 bits per heavy atom. The molecule has 2 fully saturated rings. The summed E-state index contributed by atoms with van der Waals surface area (Å²) in [6, 6.07) is 3.80. The summed E-state index contributed by atoms with van der Waals surface area (Å²) in [6.07, 6.45) is 6.17. The van der Waals surface area contributed by atoms with Crippen molar-refractivity contribution in [1.82, 2.24) is 14.9 Å². The summed E-state index contributed by atoms with van der Waals surface area (Å²) >= 11 is 6.46. The average molecular weight is 585 g/mol. The highest BCUT2D eigenvalue weighted by atomic mass is 35.5. The minimum Gasteiger partial charge on any atom is -0.495 e. The number of nitrogens with one attached hydrogen (secondary N) is 2. The SMILES string of the molecule is COc1cc2c(cc1Nc1ncc(Cl)c(N[C@H]3[C@@H](OC(N)=O)[C@@H]4C=C[C@H]3C4)n1)CCN(C(=O)C1COCCO1)CC2. The molecule has 1 aromatic heterocycles. The Balaban J connectivity index is 1.18. The van der Waals surface area contributed by atoms with E-state index in [1.54, 1.807) is 7.11 Å². The number of carbonyl (C=O) groups is 2. The smallest absolute Gasteiger partial charge is 0.404 e. The van der Waals surface area contributed by atoms with E-state index in [0.717, 1.165) is 17.5 Å². The van der Waals surface area contributed by atoms with Crippen LogP contribution in [0.2, 0.25) is 5.02 Å². The zero-order valence-electron chi connectivity index (χ0n) is 22.7. The Morgan fingerprint density at radius 3 is 2.66 bits per heavy atom. The molecular weight excluding hydrogens is 552 g/mol. The van der Waals surface area contributed by atoms with E-state index in [0.29, 0.717) is 74.0 Å². The van der Waals surface area contributed by atoms with Crippen molar-refractivity contribution in [3.63, 3.8) is 0 Å². The Kier molecular flexibility index (Phi) is 7.87. The lowest BCUT2D eigenvalue weighted by molar-refractivity contribution is -0.157. The van der Waals surface area contributed by atoms with Crippen LogP contribution in [0, 0.1) is 11.8 Å². The molecule has 0 spiro atoms. The van der Waals surface area contributed by atoms with Crippen LogP contribution in [-0.4, -0.2) is 85.1 Å². The zero-order valence-corrected chi connectivity index (χ0v) is 23.4. The molecule has 1 saturated carbocycles. The number of methoxy groups -OCH3 is 1. The van der Waals surface area contributed by atoms with Gasteiger partial charge < -0.3 is 40.2 Å². The molecule has 4 aliphatic rings. The molecule has 1 unspecified atom stereocenters. The number of ether oxygens (including phenoxy) is 4. The van der Waals surface area contributed by atoms with Gasteiger partial charge in [0, 0.05) is 24.9 Å². The number of anilines is 3. The van der Waals surface area contributed by atoms with Crippen LogP contribution in [0.1, 0.15) is 17.5 Å². The topological polar surface area (TPSA) is 150 Å². The van der Waals surface area contributed by atoms with Gasteiger partial charge in [-0.05, 0) is 42.5 Å². The molecule has 2 aliphatic carbocycles. The number of aromatic nitrogens is 2. The largest absolute Gasteiger partial charge is 0.495 e. The van der Waals surface area contributed by atoms with E-state index >= 15 is 0 Å². The van der Waals surface area contributed by atoms with Gasteiger partial charge in [0.05, 0.1) is 44.9 Å². The number of rotatable bonds is 7. The molecule has 218 valence electrons. The first kappa shape index (κ1) is 27.6. The number of primary amides is 1. The predicted molar refractivity (Wildman–Crippen MR) is 150 cm³/mol. The fourth-order valence-corrected chi connectivity index (χ4v) is 6.29. The number of amides is 2. The molecule has 12 nitrogen and oxygen atoms in total. The minimum absolute atomic E-state index is 0.0353. The van der Waals surface area contributed by atoms with E-state index in [-0.39, 0.29) is 23.8 Å². The highest BCUT2D eigenvalue weighted by Gasteiger charge is 2.47. The number of halogens is 1. The van der Waals surface area contributed by atoms with Gasteiger partial charge in [-0.25, -0.2) is 9.78 Å². The monoisotopic (exact) mass is 584 g/mol. The second kappa shape index (κ2) is 11.7. The molecule has 1 aromatic carbocycles. The Bertz CT molecular complexity index is 1350. The molecule has 6 rings (SSSR count). The maximum atomic E-state index is 13.0. The third-order valence-corrected chi connectivity index (χ3v) is 8.44. The maximum absolute atomic E-state index is 13.0. The fraction of sp³-hybridized carbons (Fsp3) is 0.500. The van der Waals surface area contributed by atoms with Gasteiger partial charge in [-0.3, -0.25) is 4.79 Å². The summed E-state index contributed by atoms with van der Waals surface area (Å²) in [6.45, 7) is 2.41.